The molecule has 1 N–H and O–H groups in total. The van der Waals surface area contributed by atoms with Crippen LogP contribution in [0.2, 0.25) is 0 Å². The number of aryl methyl sites for hydroxylation is 1. The SMILES string of the molecule is CNC(C)(C)c1cncn1CCCC(C)C. The van der Waals surface area contributed by atoms with Crippen molar-refractivity contribution < 1.29 is 0 Å². The van der Waals surface area contributed by atoms with Gasteiger partial charge < -0.3 is 9.88 Å². The van der Waals surface area contributed by atoms with Crippen LogP contribution in [0.5, 0.6) is 0 Å². The summed E-state index contributed by atoms with van der Waals surface area (Å²) in [5, 5.41) is 3.32. The molecular weight excluding hydrogens is 198 g/mol. The Balaban J connectivity index is 2.64. The van der Waals surface area contributed by atoms with Gasteiger partial charge in [-0.2, -0.15) is 0 Å². The zero-order chi connectivity index (χ0) is 12.2. The molecule has 16 heavy (non-hydrogen) atoms. The zero-order valence-corrected chi connectivity index (χ0v) is 11.2. The van der Waals surface area contributed by atoms with Crippen molar-refractivity contribution in [3.8, 4) is 0 Å². The molecule has 0 aromatic carbocycles. The van der Waals surface area contributed by atoms with E-state index in [1.54, 1.807) is 0 Å². The largest absolute Gasteiger partial charge is 0.333 e. The van der Waals surface area contributed by atoms with E-state index in [0.29, 0.717) is 0 Å². The van der Waals surface area contributed by atoms with E-state index in [2.05, 4.69) is 42.6 Å². The number of hydrogen-bond donors (Lipinski definition) is 1. The van der Waals surface area contributed by atoms with Gasteiger partial charge in [0.1, 0.15) is 0 Å². The van der Waals surface area contributed by atoms with Crippen LogP contribution in [0.1, 0.15) is 46.2 Å². The second-order valence-corrected chi connectivity index (χ2v) is 5.38. The molecule has 0 aliphatic heterocycles. The summed E-state index contributed by atoms with van der Waals surface area (Å²) in [7, 11) is 1.99. The minimum Gasteiger partial charge on any atom is -0.333 e. The van der Waals surface area contributed by atoms with Gasteiger partial charge in [0.15, 0.2) is 0 Å². The van der Waals surface area contributed by atoms with Crippen molar-refractivity contribution >= 4 is 0 Å². The van der Waals surface area contributed by atoms with Crippen LogP contribution < -0.4 is 5.32 Å². The maximum Gasteiger partial charge on any atom is 0.0948 e. The highest BCUT2D eigenvalue weighted by atomic mass is 15.1. The molecule has 0 aliphatic rings. The van der Waals surface area contributed by atoms with Crippen LogP contribution in [0.3, 0.4) is 0 Å². The van der Waals surface area contributed by atoms with Gasteiger partial charge in [0.25, 0.3) is 0 Å². The number of aromatic nitrogens is 2. The fourth-order valence-electron chi connectivity index (χ4n) is 1.82. The normalized spacial score (nSPS) is 12.4. The average molecular weight is 223 g/mol. The molecule has 0 saturated carbocycles. The highest BCUT2D eigenvalue weighted by Gasteiger charge is 2.21. The third-order valence-electron chi connectivity index (χ3n) is 3.16. The molecule has 0 atom stereocenters. The van der Waals surface area contributed by atoms with E-state index in [0.717, 1.165) is 12.5 Å². The molecule has 1 heterocycles. The van der Waals surface area contributed by atoms with Gasteiger partial charge in [-0.15, -0.1) is 0 Å². The third-order valence-corrected chi connectivity index (χ3v) is 3.16. The van der Waals surface area contributed by atoms with Gasteiger partial charge in [-0.25, -0.2) is 4.98 Å². The number of nitrogens with zero attached hydrogens (tertiary/aromatic N) is 2. The highest BCUT2D eigenvalue weighted by molar-refractivity contribution is 5.10. The van der Waals surface area contributed by atoms with Crippen LogP contribution >= 0.6 is 0 Å². The summed E-state index contributed by atoms with van der Waals surface area (Å²) in [5.41, 5.74) is 1.26. The Labute approximate surface area is 99.3 Å². The number of nitrogens with one attached hydrogen (secondary N) is 1. The zero-order valence-electron chi connectivity index (χ0n) is 11.2. The molecule has 0 spiro atoms. The van der Waals surface area contributed by atoms with Gasteiger partial charge >= 0.3 is 0 Å². The Morgan fingerprint density at radius 3 is 2.69 bits per heavy atom. The van der Waals surface area contributed by atoms with Crippen LogP contribution in [0.25, 0.3) is 0 Å². The first-order valence-corrected chi connectivity index (χ1v) is 6.17. The lowest BCUT2D eigenvalue weighted by Gasteiger charge is -2.25. The summed E-state index contributed by atoms with van der Waals surface area (Å²) in [6, 6.07) is 0. The second kappa shape index (κ2) is 5.48. The van der Waals surface area contributed by atoms with E-state index >= 15 is 0 Å². The molecule has 0 unspecified atom stereocenters. The van der Waals surface area contributed by atoms with Crippen LogP contribution in [0, 0.1) is 5.92 Å². The fourth-order valence-corrected chi connectivity index (χ4v) is 1.82. The molecule has 3 heteroatoms. The topological polar surface area (TPSA) is 29.9 Å². The first kappa shape index (κ1) is 13.2. The molecule has 92 valence electrons. The smallest absolute Gasteiger partial charge is 0.0948 e. The number of hydrogen-bond acceptors (Lipinski definition) is 2. The van der Waals surface area contributed by atoms with E-state index in [4.69, 9.17) is 0 Å². The Morgan fingerprint density at radius 1 is 1.44 bits per heavy atom. The Bertz CT molecular complexity index is 313. The van der Waals surface area contributed by atoms with E-state index in [1.807, 2.05) is 19.6 Å². The van der Waals surface area contributed by atoms with Gasteiger partial charge in [0, 0.05) is 12.7 Å². The summed E-state index contributed by atoms with van der Waals surface area (Å²) < 4.78 is 2.26. The summed E-state index contributed by atoms with van der Waals surface area (Å²) in [4.78, 5) is 4.26. The molecule has 0 saturated heterocycles. The molecule has 0 fully saturated rings. The summed E-state index contributed by atoms with van der Waals surface area (Å²) >= 11 is 0. The maximum absolute atomic E-state index is 4.26. The lowest BCUT2D eigenvalue weighted by Crippen LogP contribution is -2.35. The van der Waals surface area contributed by atoms with Crippen molar-refractivity contribution in [3.63, 3.8) is 0 Å². The van der Waals surface area contributed by atoms with E-state index in [1.165, 1.54) is 18.5 Å². The second-order valence-electron chi connectivity index (χ2n) is 5.38. The average Bonchev–Trinajstić information content (AvgIpc) is 2.66. The van der Waals surface area contributed by atoms with Crippen LogP contribution in [0.15, 0.2) is 12.5 Å². The quantitative estimate of drug-likeness (QED) is 0.803. The highest BCUT2D eigenvalue weighted by Crippen LogP contribution is 2.19. The predicted molar refractivity (Wildman–Crippen MR) is 68.4 cm³/mol. The van der Waals surface area contributed by atoms with Crippen LogP contribution in [0.4, 0.5) is 0 Å². The van der Waals surface area contributed by atoms with Crippen molar-refractivity contribution in [3.05, 3.63) is 18.2 Å². The summed E-state index contributed by atoms with van der Waals surface area (Å²) in [6.07, 6.45) is 6.40. The maximum atomic E-state index is 4.26. The minimum absolute atomic E-state index is 0.00562. The first-order valence-electron chi connectivity index (χ1n) is 6.17. The molecule has 0 radical (unpaired) electrons. The number of imidazole rings is 1. The summed E-state index contributed by atoms with van der Waals surface area (Å²) in [5.74, 6) is 0.782. The molecular formula is C13H25N3. The summed E-state index contributed by atoms with van der Waals surface area (Å²) in [6.45, 7) is 9.98. The lowest BCUT2D eigenvalue weighted by molar-refractivity contribution is 0.400. The van der Waals surface area contributed by atoms with Crippen molar-refractivity contribution in [1.82, 2.24) is 14.9 Å². The van der Waals surface area contributed by atoms with Gasteiger partial charge in [0.2, 0.25) is 0 Å². The lowest BCUT2D eigenvalue weighted by atomic mass is 10.0. The van der Waals surface area contributed by atoms with Crippen LogP contribution in [-0.2, 0) is 12.1 Å². The number of rotatable bonds is 6. The van der Waals surface area contributed by atoms with Gasteiger partial charge in [-0.3, -0.25) is 0 Å². The van der Waals surface area contributed by atoms with Gasteiger partial charge in [-0.05, 0) is 39.7 Å². The van der Waals surface area contributed by atoms with E-state index in [9.17, 15) is 0 Å². The molecule has 3 nitrogen and oxygen atoms in total. The molecule has 0 bridgehead atoms. The molecule has 1 aromatic rings. The van der Waals surface area contributed by atoms with Gasteiger partial charge in [0.05, 0.1) is 17.6 Å². The Kier molecular flexibility index (Phi) is 4.54. The monoisotopic (exact) mass is 223 g/mol. The van der Waals surface area contributed by atoms with Crippen molar-refractivity contribution in [2.75, 3.05) is 7.05 Å². The first-order chi connectivity index (χ1) is 7.47. The molecule has 0 amide bonds. The Hall–Kier alpha value is -0.830. The van der Waals surface area contributed by atoms with Crippen molar-refractivity contribution in [2.45, 2.75) is 52.6 Å². The molecule has 1 rings (SSSR count). The third kappa shape index (κ3) is 3.34. The molecule has 1 aromatic heterocycles. The van der Waals surface area contributed by atoms with E-state index < -0.39 is 0 Å². The fraction of sp³-hybridized carbons (Fsp3) is 0.769. The van der Waals surface area contributed by atoms with Crippen molar-refractivity contribution in [1.29, 1.82) is 0 Å². The van der Waals surface area contributed by atoms with Crippen LogP contribution in [-0.4, -0.2) is 16.6 Å². The predicted octanol–water partition coefficient (Wildman–Crippen LogP) is 2.77. The van der Waals surface area contributed by atoms with Gasteiger partial charge in [-0.1, -0.05) is 13.8 Å². The van der Waals surface area contributed by atoms with Crippen molar-refractivity contribution in [2.24, 2.45) is 5.92 Å². The van der Waals surface area contributed by atoms with E-state index in [-0.39, 0.29) is 5.54 Å². The Morgan fingerprint density at radius 2 is 2.12 bits per heavy atom. The molecule has 0 aliphatic carbocycles. The standard InChI is InChI=1S/C13H25N3/c1-11(2)7-6-8-16-10-15-9-12(16)13(3,4)14-5/h9-11,14H,6-8H2,1-5H3. The minimum atomic E-state index is -0.00562.